The first kappa shape index (κ1) is 11.1. The van der Waals surface area contributed by atoms with E-state index < -0.39 is 0 Å². The van der Waals surface area contributed by atoms with E-state index in [0.29, 0.717) is 0 Å². The minimum absolute atomic E-state index is 0. The van der Waals surface area contributed by atoms with Gasteiger partial charge in [0.25, 0.3) is 0 Å². The second-order valence-electron chi connectivity index (χ2n) is 2.24. The third-order valence-electron chi connectivity index (χ3n) is 1.42. The van der Waals surface area contributed by atoms with Crippen molar-refractivity contribution in [2.45, 2.75) is 12.8 Å². The molecule has 11 heavy (non-hydrogen) atoms. The summed E-state index contributed by atoms with van der Waals surface area (Å²) in [6.45, 7) is 3.67. The van der Waals surface area contributed by atoms with Crippen molar-refractivity contribution in [1.29, 1.82) is 0 Å². The Labute approximate surface area is 93.6 Å². The Bertz CT molecular complexity index is 191. The predicted molar refractivity (Wildman–Crippen MR) is 43.8 cm³/mol. The summed E-state index contributed by atoms with van der Waals surface area (Å²) in [4.78, 5) is 0. The van der Waals surface area contributed by atoms with Crippen molar-refractivity contribution in [3.63, 3.8) is 0 Å². The predicted octanol–water partition coefficient (Wildman–Crippen LogP) is 2.60. The number of hydrogen-bond acceptors (Lipinski definition) is 0. The summed E-state index contributed by atoms with van der Waals surface area (Å²) in [5.74, 6) is 0. The van der Waals surface area contributed by atoms with Crippen molar-refractivity contribution in [2.24, 2.45) is 0 Å². The van der Waals surface area contributed by atoms with Crippen LogP contribution in [0.25, 0.3) is 0 Å². The Hall–Kier alpha value is 0.0639. The van der Waals surface area contributed by atoms with Crippen molar-refractivity contribution < 1.29 is 32.7 Å². The van der Waals surface area contributed by atoms with E-state index in [1.165, 1.54) is 5.56 Å². The molecular formula is C10H11Y-. The molecule has 0 aromatic heterocycles. The van der Waals surface area contributed by atoms with Crippen LogP contribution in [0.1, 0.15) is 12.0 Å². The Morgan fingerprint density at radius 2 is 2.00 bits per heavy atom. The average molecular weight is 220 g/mol. The standard InChI is InChI=1S/C10H11.Y/c1-2-3-7-10-8-5-4-6-9-10;/h2,5-6,8-9H,1,3,7H2;/q-1;. The smallest absolute Gasteiger partial charge is 0 e. The van der Waals surface area contributed by atoms with Gasteiger partial charge in [0.2, 0.25) is 0 Å². The molecular weight excluding hydrogens is 209 g/mol. The molecule has 0 heterocycles. The molecule has 0 saturated heterocycles. The zero-order valence-corrected chi connectivity index (χ0v) is 9.42. The molecule has 55 valence electrons. The van der Waals surface area contributed by atoms with Gasteiger partial charge in [-0.2, -0.15) is 35.9 Å². The van der Waals surface area contributed by atoms with Crippen LogP contribution in [0, 0.1) is 6.07 Å². The summed E-state index contributed by atoms with van der Waals surface area (Å²) in [5.41, 5.74) is 1.36. The fraction of sp³-hybridized carbons (Fsp3) is 0.200. The van der Waals surface area contributed by atoms with E-state index in [0.717, 1.165) is 12.8 Å². The summed E-state index contributed by atoms with van der Waals surface area (Å²) in [5, 5.41) is 0. The van der Waals surface area contributed by atoms with Gasteiger partial charge in [0, 0.05) is 32.7 Å². The van der Waals surface area contributed by atoms with E-state index in [4.69, 9.17) is 0 Å². The van der Waals surface area contributed by atoms with Crippen LogP contribution in [0.4, 0.5) is 0 Å². The van der Waals surface area contributed by atoms with Crippen LogP contribution in [-0.2, 0) is 39.1 Å². The molecule has 0 saturated carbocycles. The molecule has 1 aromatic rings. The molecule has 0 N–H and O–H groups in total. The maximum atomic E-state index is 3.67. The van der Waals surface area contributed by atoms with Crippen molar-refractivity contribution in [1.82, 2.24) is 0 Å². The quantitative estimate of drug-likeness (QED) is 0.542. The van der Waals surface area contributed by atoms with E-state index in [1.54, 1.807) is 0 Å². The van der Waals surface area contributed by atoms with Crippen LogP contribution in [0.2, 0.25) is 0 Å². The van der Waals surface area contributed by atoms with Crippen molar-refractivity contribution in [2.75, 3.05) is 0 Å². The first-order valence-electron chi connectivity index (χ1n) is 3.49. The van der Waals surface area contributed by atoms with Crippen LogP contribution in [-0.4, -0.2) is 0 Å². The van der Waals surface area contributed by atoms with Gasteiger partial charge < -0.3 is 0 Å². The van der Waals surface area contributed by atoms with Crippen molar-refractivity contribution >= 4 is 0 Å². The van der Waals surface area contributed by atoms with Crippen molar-refractivity contribution in [3.05, 3.63) is 48.6 Å². The SMILES string of the molecule is C=CCCc1cc[c-]cc1.[Y]. The molecule has 0 spiro atoms. The second kappa shape index (κ2) is 6.75. The molecule has 0 aliphatic rings. The maximum absolute atomic E-state index is 3.67. The summed E-state index contributed by atoms with van der Waals surface area (Å²) in [7, 11) is 0. The fourth-order valence-corrected chi connectivity index (χ4v) is 0.857. The minimum Gasteiger partial charge on any atom is -0.184 e. The van der Waals surface area contributed by atoms with Crippen LogP contribution < -0.4 is 0 Å². The Kier molecular flexibility index (Phi) is 6.79. The van der Waals surface area contributed by atoms with Gasteiger partial charge in [-0.05, 0) is 12.8 Å². The van der Waals surface area contributed by atoms with Gasteiger partial charge in [-0.1, -0.05) is 6.08 Å². The zero-order valence-electron chi connectivity index (χ0n) is 6.59. The van der Waals surface area contributed by atoms with E-state index in [-0.39, 0.29) is 32.7 Å². The van der Waals surface area contributed by atoms with Crippen molar-refractivity contribution in [3.8, 4) is 0 Å². The van der Waals surface area contributed by atoms with Gasteiger partial charge in [-0.3, -0.25) is 0 Å². The monoisotopic (exact) mass is 220 g/mol. The van der Waals surface area contributed by atoms with E-state index in [1.807, 2.05) is 18.2 Å². The van der Waals surface area contributed by atoms with E-state index >= 15 is 0 Å². The number of rotatable bonds is 3. The van der Waals surface area contributed by atoms with Gasteiger partial charge in [-0.25, -0.2) is 0 Å². The van der Waals surface area contributed by atoms with Crippen LogP contribution >= 0.6 is 0 Å². The minimum atomic E-state index is 0. The van der Waals surface area contributed by atoms with Gasteiger partial charge in [-0.15, -0.1) is 6.58 Å². The Morgan fingerprint density at radius 1 is 1.36 bits per heavy atom. The molecule has 0 unspecified atom stereocenters. The average Bonchev–Trinajstić information content (AvgIpc) is 2.03. The molecule has 0 atom stereocenters. The molecule has 0 fully saturated rings. The second-order valence-corrected chi connectivity index (χ2v) is 2.24. The summed E-state index contributed by atoms with van der Waals surface area (Å²) < 4.78 is 0. The molecule has 1 heteroatoms. The van der Waals surface area contributed by atoms with Gasteiger partial charge in [0.15, 0.2) is 0 Å². The topological polar surface area (TPSA) is 0 Å². The Balaban J connectivity index is 0.000001000. The van der Waals surface area contributed by atoms with Gasteiger partial charge in [0.1, 0.15) is 0 Å². The number of aryl methyl sites for hydroxylation is 1. The molecule has 1 rings (SSSR count). The first-order chi connectivity index (χ1) is 4.93. The van der Waals surface area contributed by atoms with Gasteiger partial charge >= 0.3 is 0 Å². The Morgan fingerprint density at radius 3 is 2.55 bits per heavy atom. The third kappa shape index (κ3) is 4.50. The first-order valence-corrected chi connectivity index (χ1v) is 3.49. The third-order valence-corrected chi connectivity index (χ3v) is 1.42. The molecule has 1 aromatic carbocycles. The zero-order chi connectivity index (χ0) is 7.23. The fourth-order valence-electron chi connectivity index (χ4n) is 0.857. The molecule has 0 aliphatic carbocycles. The molecule has 1 radical (unpaired) electrons. The summed E-state index contributed by atoms with van der Waals surface area (Å²) in [6.07, 6.45) is 4.10. The molecule has 0 bridgehead atoms. The summed E-state index contributed by atoms with van der Waals surface area (Å²) >= 11 is 0. The molecule has 0 nitrogen and oxygen atoms in total. The number of benzene rings is 1. The van der Waals surface area contributed by atoms with Crippen LogP contribution in [0.15, 0.2) is 36.9 Å². The maximum Gasteiger partial charge on any atom is 0 e. The van der Waals surface area contributed by atoms with E-state index in [9.17, 15) is 0 Å². The molecule has 0 aliphatic heterocycles. The van der Waals surface area contributed by atoms with Crippen LogP contribution in [0.5, 0.6) is 0 Å². The molecule has 0 amide bonds. The van der Waals surface area contributed by atoms with Gasteiger partial charge in [0.05, 0.1) is 0 Å². The van der Waals surface area contributed by atoms with E-state index in [2.05, 4.69) is 24.8 Å². The van der Waals surface area contributed by atoms with Crippen LogP contribution in [0.3, 0.4) is 0 Å². The number of allylic oxidation sites excluding steroid dienone is 1. The normalized spacial score (nSPS) is 8.36. The number of hydrogen-bond donors (Lipinski definition) is 0. The largest absolute Gasteiger partial charge is 0.184 e. The summed E-state index contributed by atoms with van der Waals surface area (Å²) in [6, 6.07) is 11.0.